The van der Waals surface area contributed by atoms with Gasteiger partial charge in [0.15, 0.2) is 0 Å². The highest BCUT2D eigenvalue weighted by Gasteiger charge is 2.24. The fourth-order valence-electron chi connectivity index (χ4n) is 4.86. The number of hydrogen-bond donors (Lipinski definition) is 4. The minimum atomic E-state index is -0.862. The molecule has 0 atom stereocenters. The Morgan fingerprint density at radius 3 is 2.64 bits per heavy atom. The summed E-state index contributed by atoms with van der Waals surface area (Å²) in [6, 6.07) is 8.03. The van der Waals surface area contributed by atoms with E-state index < -0.39 is 23.4 Å². The van der Waals surface area contributed by atoms with Gasteiger partial charge in [0.2, 0.25) is 0 Å². The summed E-state index contributed by atoms with van der Waals surface area (Å²) in [6.07, 6.45) is 8.03. The van der Waals surface area contributed by atoms with E-state index in [1.54, 1.807) is 18.2 Å². The van der Waals surface area contributed by atoms with Crippen LogP contribution in [-0.2, 0) is 0 Å². The third kappa shape index (κ3) is 3.78. The van der Waals surface area contributed by atoms with Crippen molar-refractivity contribution in [2.45, 2.75) is 31.7 Å². The number of nitrogen functional groups attached to an aromatic ring is 1. The number of fused-ring (bicyclic) bond motifs is 2. The van der Waals surface area contributed by atoms with E-state index >= 15 is 0 Å². The van der Waals surface area contributed by atoms with Gasteiger partial charge in [-0.1, -0.05) is 18.9 Å². The Bertz CT molecular complexity index is 1600. The van der Waals surface area contributed by atoms with E-state index in [0.717, 1.165) is 41.6 Å². The van der Waals surface area contributed by atoms with Gasteiger partial charge >= 0.3 is 6.03 Å². The molecule has 1 aliphatic rings. The van der Waals surface area contributed by atoms with Crippen molar-refractivity contribution in [3.8, 4) is 11.4 Å². The van der Waals surface area contributed by atoms with Crippen LogP contribution in [0, 0.1) is 11.6 Å². The fraction of sp³-hybridized carbons (Fsp3) is 0.200. The smallest absolute Gasteiger partial charge is 0.323 e. The van der Waals surface area contributed by atoms with Gasteiger partial charge in [0.05, 0.1) is 16.4 Å². The van der Waals surface area contributed by atoms with Gasteiger partial charge in [-0.05, 0) is 43.2 Å². The van der Waals surface area contributed by atoms with Crippen molar-refractivity contribution < 1.29 is 13.6 Å². The average molecular weight is 489 g/mol. The molecule has 3 aromatic heterocycles. The van der Waals surface area contributed by atoms with Crippen molar-refractivity contribution in [3.05, 3.63) is 60.6 Å². The first-order chi connectivity index (χ1) is 17.5. The molecule has 0 spiro atoms. The second-order valence-electron chi connectivity index (χ2n) is 8.84. The zero-order chi connectivity index (χ0) is 24.8. The number of anilines is 3. The van der Waals surface area contributed by atoms with Crippen LogP contribution in [0.4, 0.5) is 30.8 Å². The van der Waals surface area contributed by atoms with Crippen molar-refractivity contribution in [3.63, 3.8) is 0 Å². The highest BCUT2D eigenvalue weighted by atomic mass is 19.1. The summed E-state index contributed by atoms with van der Waals surface area (Å²) in [7, 11) is 0. The molecule has 2 aromatic carbocycles. The SMILES string of the molecule is Nc1ncnc2c1c(-c1nc3ccc(NC(=O)Nc4c(F)cccc4F)cc3[nH]1)cn2C1CCCC1. The largest absolute Gasteiger partial charge is 0.383 e. The van der Waals surface area contributed by atoms with E-state index in [-0.39, 0.29) is 0 Å². The van der Waals surface area contributed by atoms with Crippen molar-refractivity contribution in [2.24, 2.45) is 0 Å². The van der Waals surface area contributed by atoms with Crippen LogP contribution in [-0.4, -0.2) is 30.5 Å². The molecule has 0 bridgehead atoms. The Balaban J connectivity index is 1.32. The first-order valence-corrected chi connectivity index (χ1v) is 11.6. The van der Waals surface area contributed by atoms with Gasteiger partial charge in [0.25, 0.3) is 0 Å². The van der Waals surface area contributed by atoms with Gasteiger partial charge in [-0.2, -0.15) is 0 Å². The standard InChI is InChI=1S/C25H22F2N8O/c26-16-6-3-7-17(27)21(16)34-25(36)31-13-8-9-18-19(10-13)33-23(32-18)15-11-35(14-4-1-2-5-14)24-20(15)22(28)29-12-30-24/h3,6-12,14H,1-2,4-5H2,(H,32,33)(H2,28,29,30)(H2,31,34,36). The van der Waals surface area contributed by atoms with Crippen LogP contribution in [0.2, 0.25) is 0 Å². The third-order valence-corrected chi connectivity index (χ3v) is 6.55. The van der Waals surface area contributed by atoms with Crippen LogP contribution >= 0.6 is 0 Å². The van der Waals surface area contributed by atoms with Crippen molar-refractivity contribution in [2.75, 3.05) is 16.4 Å². The number of carbonyl (C=O) groups excluding carboxylic acids is 1. The molecule has 11 heteroatoms. The quantitative estimate of drug-likeness (QED) is 0.262. The van der Waals surface area contributed by atoms with Gasteiger partial charge < -0.3 is 25.9 Å². The molecular weight excluding hydrogens is 466 g/mol. The van der Waals surface area contributed by atoms with E-state index in [1.807, 2.05) is 6.20 Å². The topological polar surface area (TPSA) is 127 Å². The maximum absolute atomic E-state index is 13.8. The Morgan fingerprint density at radius 2 is 1.86 bits per heavy atom. The zero-order valence-electron chi connectivity index (χ0n) is 19.1. The summed E-state index contributed by atoms with van der Waals surface area (Å²) in [5.74, 6) is -0.743. The summed E-state index contributed by atoms with van der Waals surface area (Å²) in [4.78, 5) is 29.0. The molecule has 182 valence electrons. The minimum absolute atomic E-state index is 0.355. The monoisotopic (exact) mass is 488 g/mol. The number of H-pyrrole nitrogens is 1. The zero-order valence-corrected chi connectivity index (χ0v) is 19.1. The Labute approximate surface area is 203 Å². The van der Waals surface area contributed by atoms with Gasteiger partial charge in [0, 0.05) is 23.5 Å². The number of hydrogen-bond acceptors (Lipinski definition) is 5. The molecule has 1 aliphatic carbocycles. The molecule has 0 saturated heterocycles. The number of para-hydroxylation sites is 1. The highest BCUT2D eigenvalue weighted by Crippen LogP contribution is 2.38. The number of carbonyl (C=O) groups is 1. The molecule has 5 aromatic rings. The molecule has 6 rings (SSSR count). The molecule has 1 saturated carbocycles. The van der Waals surface area contributed by atoms with Gasteiger partial charge in [-0.3, -0.25) is 0 Å². The molecule has 9 nitrogen and oxygen atoms in total. The predicted octanol–water partition coefficient (Wildman–Crippen LogP) is 5.59. The lowest BCUT2D eigenvalue weighted by Crippen LogP contribution is -2.20. The number of imidazole rings is 1. The van der Waals surface area contributed by atoms with E-state index in [2.05, 4.69) is 30.2 Å². The normalized spacial score (nSPS) is 14.1. The number of aromatic nitrogens is 5. The van der Waals surface area contributed by atoms with Crippen LogP contribution in [0.15, 0.2) is 48.9 Å². The second-order valence-corrected chi connectivity index (χ2v) is 8.84. The first kappa shape index (κ1) is 22.0. The van der Waals surface area contributed by atoms with Gasteiger partial charge in [-0.25, -0.2) is 28.5 Å². The molecule has 5 N–H and O–H groups in total. The number of urea groups is 1. The second kappa shape index (κ2) is 8.59. The summed E-state index contributed by atoms with van der Waals surface area (Å²) >= 11 is 0. The Hall–Kier alpha value is -4.54. The number of amides is 2. The number of aromatic amines is 1. The Morgan fingerprint density at radius 1 is 1.08 bits per heavy atom. The summed E-state index contributed by atoms with van der Waals surface area (Å²) in [5.41, 5.74) is 9.07. The Kier molecular flexibility index (Phi) is 5.24. The maximum Gasteiger partial charge on any atom is 0.323 e. The third-order valence-electron chi connectivity index (χ3n) is 6.55. The number of nitrogens with two attached hydrogens (primary N) is 1. The van der Waals surface area contributed by atoms with Crippen LogP contribution in [0.3, 0.4) is 0 Å². The van der Waals surface area contributed by atoms with Crippen molar-refractivity contribution in [1.29, 1.82) is 0 Å². The fourth-order valence-corrected chi connectivity index (χ4v) is 4.86. The average Bonchev–Trinajstić information content (AvgIpc) is 3.59. The summed E-state index contributed by atoms with van der Waals surface area (Å²) in [5, 5.41) is 5.54. The van der Waals surface area contributed by atoms with E-state index in [1.165, 1.54) is 25.2 Å². The molecule has 0 radical (unpaired) electrons. The van der Waals surface area contributed by atoms with Crippen LogP contribution in [0.5, 0.6) is 0 Å². The maximum atomic E-state index is 13.8. The molecule has 1 fully saturated rings. The van der Waals surface area contributed by atoms with Crippen LogP contribution in [0.1, 0.15) is 31.7 Å². The van der Waals surface area contributed by atoms with E-state index in [9.17, 15) is 13.6 Å². The molecular formula is C25H22F2N8O. The number of halogens is 2. The van der Waals surface area contributed by atoms with Crippen LogP contribution < -0.4 is 16.4 Å². The summed E-state index contributed by atoms with van der Waals surface area (Å²) < 4.78 is 29.9. The lowest BCUT2D eigenvalue weighted by Gasteiger charge is -2.12. The number of benzene rings is 2. The van der Waals surface area contributed by atoms with Gasteiger partial charge in [-0.15, -0.1) is 0 Å². The van der Waals surface area contributed by atoms with Crippen LogP contribution in [0.25, 0.3) is 33.5 Å². The highest BCUT2D eigenvalue weighted by molar-refractivity contribution is 6.02. The van der Waals surface area contributed by atoms with Crippen molar-refractivity contribution >= 4 is 45.3 Å². The lowest BCUT2D eigenvalue weighted by molar-refractivity contribution is 0.262. The van der Waals surface area contributed by atoms with E-state index in [4.69, 9.17) is 10.7 Å². The van der Waals surface area contributed by atoms with E-state index in [0.29, 0.717) is 34.4 Å². The summed E-state index contributed by atoms with van der Waals surface area (Å²) in [6.45, 7) is 0. The molecule has 36 heavy (non-hydrogen) atoms. The molecule has 2 amide bonds. The number of nitrogens with one attached hydrogen (secondary N) is 3. The minimum Gasteiger partial charge on any atom is -0.383 e. The molecule has 3 heterocycles. The lowest BCUT2D eigenvalue weighted by atomic mass is 10.2. The first-order valence-electron chi connectivity index (χ1n) is 11.6. The number of rotatable bonds is 4. The predicted molar refractivity (Wildman–Crippen MR) is 134 cm³/mol. The number of nitrogens with zero attached hydrogens (tertiary/aromatic N) is 4. The van der Waals surface area contributed by atoms with Gasteiger partial charge in [0.1, 0.15) is 40.9 Å². The van der Waals surface area contributed by atoms with Crippen molar-refractivity contribution in [1.82, 2.24) is 24.5 Å². The molecule has 0 aliphatic heterocycles. The molecule has 0 unspecified atom stereocenters.